The summed E-state index contributed by atoms with van der Waals surface area (Å²) in [6, 6.07) is 0. The van der Waals surface area contributed by atoms with Crippen LogP contribution in [0.2, 0.25) is 0 Å². The Bertz CT molecular complexity index is 379. The van der Waals surface area contributed by atoms with E-state index in [4.69, 9.17) is 0 Å². The van der Waals surface area contributed by atoms with E-state index in [-0.39, 0.29) is 0 Å². The largest absolute Gasteiger partial charge is 0.312 e. The highest BCUT2D eigenvalue weighted by molar-refractivity contribution is 5.14. The number of hydrogen-bond donors (Lipinski definition) is 1. The van der Waals surface area contributed by atoms with Crippen molar-refractivity contribution in [2.24, 2.45) is 7.05 Å². The molecule has 0 atom stereocenters. The number of rotatable bonds is 6. The summed E-state index contributed by atoms with van der Waals surface area (Å²) in [7, 11) is 4.18. The zero-order valence-corrected chi connectivity index (χ0v) is 12.5. The number of likely N-dealkylation sites (N-methyl/N-ethyl adjacent to an activating group) is 1. The van der Waals surface area contributed by atoms with Gasteiger partial charge in [-0.1, -0.05) is 0 Å². The van der Waals surface area contributed by atoms with Gasteiger partial charge in [-0.2, -0.15) is 5.10 Å². The van der Waals surface area contributed by atoms with Crippen LogP contribution in [0.1, 0.15) is 17.7 Å². The molecule has 5 heteroatoms. The third kappa shape index (κ3) is 4.60. The van der Waals surface area contributed by atoms with Gasteiger partial charge in [0.1, 0.15) is 0 Å². The molecule has 1 aliphatic rings. The second kappa shape index (κ2) is 7.03. The average molecular weight is 265 g/mol. The van der Waals surface area contributed by atoms with Crippen molar-refractivity contribution in [2.45, 2.75) is 19.9 Å². The van der Waals surface area contributed by atoms with E-state index in [0.717, 1.165) is 18.8 Å². The van der Waals surface area contributed by atoms with E-state index in [0.29, 0.717) is 0 Å². The highest BCUT2D eigenvalue weighted by Gasteiger charge is 2.12. The molecular weight excluding hydrogens is 238 g/mol. The van der Waals surface area contributed by atoms with Crippen molar-refractivity contribution >= 4 is 0 Å². The van der Waals surface area contributed by atoms with Gasteiger partial charge in [-0.05, 0) is 33.5 Å². The highest BCUT2D eigenvalue weighted by atomic mass is 15.3. The summed E-state index contributed by atoms with van der Waals surface area (Å²) >= 11 is 0. The molecule has 0 amide bonds. The molecule has 19 heavy (non-hydrogen) atoms. The fraction of sp³-hybridized carbons (Fsp3) is 0.786. The molecule has 0 aliphatic carbocycles. The molecule has 2 rings (SSSR count). The van der Waals surface area contributed by atoms with Crippen LogP contribution >= 0.6 is 0 Å². The lowest BCUT2D eigenvalue weighted by atomic mass is 10.2. The average Bonchev–Trinajstić information content (AvgIpc) is 2.70. The van der Waals surface area contributed by atoms with Gasteiger partial charge in [0.15, 0.2) is 0 Å². The number of aromatic nitrogens is 2. The van der Waals surface area contributed by atoms with Gasteiger partial charge in [0.05, 0.1) is 5.69 Å². The van der Waals surface area contributed by atoms with Gasteiger partial charge in [0, 0.05) is 51.5 Å². The van der Waals surface area contributed by atoms with E-state index in [2.05, 4.69) is 40.4 Å². The molecule has 5 nitrogen and oxygen atoms in total. The second-order valence-electron chi connectivity index (χ2n) is 5.59. The topological polar surface area (TPSA) is 36.3 Å². The highest BCUT2D eigenvalue weighted by Crippen LogP contribution is 2.04. The predicted octanol–water partition coefficient (Wildman–Crippen LogP) is 0.456. The lowest BCUT2D eigenvalue weighted by Gasteiger charge is -2.32. The molecule has 0 bridgehead atoms. The van der Waals surface area contributed by atoms with E-state index in [9.17, 15) is 0 Å². The van der Waals surface area contributed by atoms with Crippen molar-refractivity contribution < 1.29 is 0 Å². The summed E-state index contributed by atoms with van der Waals surface area (Å²) in [4.78, 5) is 4.97. The molecule has 0 aromatic carbocycles. The third-order valence-corrected chi connectivity index (χ3v) is 3.85. The van der Waals surface area contributed by atoms with Crippen molar-refractivity contribution in [1.29, 1.82) is 0 Å². The predicted molar refractivity (Wildman–Crippen MR) is 78.2 cm³/mol. The molecule has 0 unspecified atom stereocenters. The fourth-order valence-electron chi connectivity index (χ4n) is 2.54. The van der Waals surface area contributed by atoms with E-state index in [1.54, 1.807) is 0 Å². The summed E-state index contributed by atoms with van der Waals surface area (Å²) in [5.74, 6) is 0. The van der Waals surface area contributed by atoms with Gasteiger partial charge in [0.25, 0.3) is 0 Å². The van der Waals surface area contributed by atoms with Gasteiger partial charge in [0.2, 0.25) is 0 Å². The smallest absolute Gasteiger partial charge is 0.0638 e. The van der Waals surface area contributed by atoms with Gasteiger partial charge < -0.3 is 15.1 Å². The molecule has 1 aromatic heterocycles. The lowest BCUT2D eigenvalue weighted by molar-refractivity contribution is 0.153. The molecule has 0 radical (unpaired) electrons. The number of nitrogens with zero attached hydrogens (tertiary/aromatic N) is 4. The van der Waals surface area contributed by atoms with Crippen LogP contribution in [0.15, 0.2) is 6.20 Å². The maximum atomic E-state index is 4.35. The summed E-state index contributed by atoms with van der Waals surface area (Å²) < 4.78 is 1.89. The van der Waals surface area contributed by atoms with Crippen LogP contribution in [0.3, 0.4) is 0 Å². The Morgan fingerprint density at radius 3 is 2.58 bits per heavy atom. The Balaban J connectivity index is 1.56. The van der Waals surface area contributed by atoms with Crippen LogP contribution in [0.4, 0.5) is 0 Å². The molecule has 2 heterocycles. The third-order valence-electron chi connectivity index (χ3n) is 3.85. The van der Waals surface area contributed by atoms with E-state index < -0.39 is 0 Å². The Morgan fingerprint density at radius 1 is 1.21 bits per heavy atom. The molecule has 0 spiro atoms. The molecule has 0 saturated carbocycles. The first-order chi connectivity index (χ1) is 9.15. The van der Waals surface area contributed by atoms with Crippen LogP contribution in [0, 0.1) is 6.92 Å². The SMILES string of the molecule is Cc1nn(C)cc1CNCCCN1CCN(C)CC1. The lowest BCUT2D eigenvalue weighted by Crippen LogP contribution is -2.45. The van der Waals surface area contributed by atoms with Crippen molar-refractivity contribution in [2.75, 3.05) is 46.3 Å². The normalized spacial score (nSPS) is 18.1. The molecular formula is C14H27N5. The first-order valence-electron chi connectivity index (χ1n) is 7.26. The van der Waals surface area contributed by atoms with Crippen LogP contribution in [-0.2, 0) is 13.6 Å². The van der Waals surface area contributed by atoms with Gasteiger partial charge in [-0.15, -0.1) is 0 Å². The van der Waals surface area contributed by atoms with E-state index in [1.165, 1.54) is 44.7 Å². The zero-order valence-electron chi connectivity index (χ0n) is 12.5. The monoisotopic (exact) mass is 265 g/mol. The zero-order chi connectivity index (χ0) is 13.7. The van der Waals surface area contributed by atoms with Crippen molar-refractivity contribution in [1.82, 2.24) is 24.9 Å². The minimum Gasteiger partial charge on any atom is -0.312 e. The fourth-order valence-corrected chi connectivity index (χ4v) is 2.54. The first-order valence-corrected chi connectivity index (χ1v) is 7.26. The van der Waals surface area contributed by atoms with Crippen LogP contribution in [0.25, 0.3) is 0 Å². The van der Waals surface area contributed by atoms with Gasteiger partial charge in [-0.3, -0.25) is 4.68 Å². The van der Waals surface area contributed by atoms with Crippen molar-refractivity contribution in [3.63, 3.8) is 0 Å². The minimum absolute atomic E-state index is 0.933. The van der Waals surface area contributed by atoms with Crippen LogP contribution in [-0.4, -0.2) is 65.9 Å². The Kier molecular flexibility index (Phi) is 5.36. The number of hydrogen-bond acceptors (Lipinski definition) is 4. The minimum atomic E-state index is 0.933. The molecule has 1 saturated heterocycles. The molecule has 108 valence electrons. The van der Waals surface area contributed by atoms with Gasteiger partial charge >= 0.3 is 0 Å². The molecule has 1 fully saturated rings. The van der Waals surface area contributed by atoms with E-state index in [1.807, 2.05) is 11.7 Å². The van der Waals surface area contributed by atoms with Gasteiger partial charge in [-0.25, -0.2) is 0 Å². The summed E-state index contributed by atoms with van der Waals surface area (Å²) in [6.07, 6.45) is 3.33. The van der Waals surface area contributed by atoms with Crippen molar-refractivity contribution in [3.8, 4) is 0 Å². The van der Waals surface area contributed by atoms with Crippen LogP contribution in [0.5, 0.6) is 0 Å². The first kappa shape index (κ1) is 14.5. The summed E-state index contributed by atoms with van der Waals surface area (Å²) in [6.45, 7) is 10.2. The summed E-state index contributed by atoms with van der Waals surface area (Å²) in [5.41, 5.74) is 2.44. The molecule has 1 N–H and O–H groups in total. The summed E-state index contributed by atoms with van der Waals surface area (Å²) in [5, 5.41) is 7.87. The quantitative estimate of drug-likeness (QED) is 0.758. The standard InChI is InChI=1S/C14H27N5/c1-13-14(12-18(3)16-13)11-15-5-4-6-19-9-7-17(2)8-10-19/h12,15H,4-11H2,1-3H3. The number of aryl methyl sites for hydroxylation is 2. The molecule has 1 aromatic rings. The molecule has 1 aliphatic heterocycles. The van der Waals surface area contributed by atoms with Crippen molar-refractivity contribution in [3.05, 3.63) is 17.5 Å². The van der Waals surface area contributed by atoms with E-state index >= 15 is 0 Å². The Labute approximate surface area is 116 Å². The maximum Gasteiger partial charge on any atom is 0.0638 e. The second-order valence-corrected chi connectivity index (χ2v) is 5.59. The maximum absolute atomic E-state index is 4.35. The number of nitrogens with one attached hydrogen (secondary N) is 1. The Morgan fingerprint density at radius 2 is 1.95 bits per heavy atom. The van der Waals surface area contributed by atoms with Crippen LogP contribution < -0.4 is 5.32 Å². The number of piperazine rings is 1. The Hall–Kier alpha value is -0.910.